The third kappa shape index (κ3) is 4.56. The number of aromatic nitrogens is 2. The van der Waals surface area contributed by atoms with Gasteiger partial charge in [0.05, 0.1) is 23.5 Å². The molecule has 0 unspecified atom stereocenters. The molecule has 0 radical (unpaired) electrons. The van der Waals surface area contributed by atoms with Crippen molar-refractivity contribution in [1.82, 2.24) is 14.9 Å². The van der Waals surface area contributed by atoms with Gasteiger partial charge in [0.25, 0.3) is 0 Å². The van der Waals surface area contributed by atoms with Crippen LogP contribution in [0, 0.1) is 5.95 Å². The number of anilines is 1. The van der Waals surface area contributed by atoms with Gasteiger partial charge in [-0.25, -0.2) is 4.98 Å². The summed E-state index contributed by atoms with van der Waals surface area (Å²) in [7, 11) is 0. The van der Waals surface area contributed by atoms with Gasteiger partial charge in [-0.05, 0) is 41.8 Å². The average molecular weight is 423 g/mol. The Kier molecular flexibility index (Phi) is 6.23. The Morgan fingerprint density at radius 3 is 2.52 bits per heavy atom. The lowest BCUT2D eigenvalue weighted by atomic mass is 9.93. The quantitative estimate of drug-likeness (QED) is 0.525. The molecule has 0 spiro atoms. The molecule has 2 aliphatic rings. The zero-order valence-electron chi connectivity index (χ0n) is 18.0. The topological polar surface area (TPSA) is 66.4 Å². The van der Waals surface area contributed by atoms with Gasteiger partial charge < -0.3 is 4.90 Å². The number of Topliss-reactive ketones (excluding diaryl/α,β-unsaturated/α-hetero) is 2. The predicted molar refractivity (Wildman–Crippen MR) is 118 cm³/mol. The highest BCUT2D eigenvalue weighted by molar-refractivity contribution is 6.03. The normalized spacial score (nSPS) is 16.8. The van der Waals surface area contributed by atoms with Crippen LogP contribution in [-0.2, 0) is 17.8 Å². The fraction of sp³-hybridized carbons (Fsp3) is 0.417. The number of allylic oxidation sites excluding steroid dienone is 1. The van der Waals surface area contributed by atoms with E-state index in [1.165, 1.54) is 0 Å². The van der Waals surface area contributed by atoms with Crippen molar-refractivity contribution in [3.8, 4) is 0 Å². The maximum atomic E-state index is 14.5. The van der Waals surface area contributed by atoms with E-state index in [0.29, 0.717) is 38.2 Å². The predicted octanol–water partition coefficient (Wildman–Crippen LogP) is 3.45. The van der Waals surface area contributed by atoms with E-state index in [1.54, 1.807) is 19.1 Å². The number of pyridine rings is 2. The van der Waals surface area contributed by atoms with Crippen LogP contribution in [0.2, 0.25) is 0 Å². The Balaban J connectivity index is 1.38. The monoisotopic (exact) mass is 422 g/mol. The smallest absolute Gasteiger partial charge is 0.237 e. The summed E-state index contributed by atoms with van der Waals surface area (Å²) in [5, 5.41) is 0. The molecular weight excluding hydrogens is 395 g/mol. The molecule has 0 atom stereocenters. The Morgan fingerprint density at radius 1 is 1.06 bits per heavy atom. The van der Waals surface area contributed by atoms with E-state index < -0.39 is 5.95 Å². The highest BCUT2D eigenvalue weighted by Crippen LogP contribution is 2.24. The third-order valence-corrected chi connectivity index (χ3v) is 6.00. The van der Waals surface area contributed by atoms with Crippen molar-refractivity contribution in [2.45, 2.75) is 39.7 Å². The lowest BCUT2D eigenvalue weighted by molar-refractivity contribution is -0.115. The van der Waals surface area contributed by atoms with Gasteiger partial charge in [0.15, 0.2) is 11.6 Å². The molecule has 0 N–H and O–H groups in total. The summed E-state index contributed by atoms with van der Waals surface area (Å²) >= 11 is 0. The van der Waals surface area contributed by atoms with Crippen molar-refractivity contribution in [1.29, 1.82) is 0 Å². The number of ketones is 2. The molecule has 2 aromatic rings. The van der Waals surface area contributed by atoms with Gasteiger partial charge >= 0.3 is 0 Å². The lowest BCUT2D eigenvalue weighted by Gasteiger charge is -2.36. The highest BCUT2D eigenvalue weighted by Gasteiger charge is 2.23. The number of piperazine rings is 1. The number of halogens is 1. The second-order valence-corrected chi connectivity index (χ2v) is 8.01. The van der Waals surface area contributed by atoms with Crippen LogP contribution >= 0.6 is 0 Å². The van der Waals surface area contributed by atoms with Gasteiger partial charge in [0, 0.05) is 39.1 Å². The van der Waals surface area contributed by atoms with Crippen molar-refractivity contribution in [3.63, 3.8) is 0 Å². The van der Waals surface area contributed by atoms with E-state index >= 15 is 0 Å². The minimum absolute atomic E-state index is 0.157. The largest absolute Gasteiger partial charge is 0.365 e. The Labute approximate surface area is 181 Å². The molecule has 0 bridgehead atoms. The van der Waals surface area contributed by atoms with Crippen LogP contribution in [-0.4, -0.2) is 52.6 Å². The summed E-state index contributed by atoms with van der Waals surface area (Å²) in [6.45, 7) is 7.32. The molecule has 4 rings (SSSR count). The summed E-state index contributed by atoms with van der Waals surface area (Å²) in [5.74, 6) is -0.584. The van der Waals surface area contributed by atoms with Crippen LogP contribution < -0.4 is 4.90 Å². The number of carbonyl (C=O) groups is 2. The van der Waals surface area contributed by atoms with Gasteiger partial charge in [-0.3, -0.25) is 19.5 Å². The first-order chi connectivity index (χ1) is 15.0. The third-order valence-electron chi connectivity index (χ3n) is 6.00. The maximum absolute atomic E-state index is 14.5. The summed E-state index contributed by atoms with van der Waals surface area (Å²) < 4.78 is 14.5. The summed E-state index contributed by atoms with van der Waals surface area (Å²) in [6.07, 6.45) is 3.39. The molecule has 162 valence electrons. The number of carbonyl (C=O) groups excluding carboxylic acids is 2. The van der Waals surface area contributed by atoms with Gasteiger partial charge in [-0.1, -0.05) is 19.9 Å². The molecule has 1 aliphatic carbocycles. The summed E-state index contributed by atoms with van der Waals surface area (Å²) in [5.41, 5.74) is 4.33. The molecule has 31 heavy (non-hydrogen) atoms. The van der Waals surface area contributed by atoms with Gasteiger partial charge in [0.1, 0.15) is 5.69 Å². The lowest BCUT2D eigenvalue weighted by Crippen LogP contribution is -2.46. The minimum atomic E-state index is -0.590. The summed E-state index contributed by atoms with van der Waals surface area (Å²) in [4.78, 5) is 36.7. The zero-order valence-corrected chi connectivity index (χ0v) is 18.0. The molecule has 1 aliphatic heterocycles. The van der Waals surface area contributed by atoms with Crippen molar-refractivity contribution in [3.05, 3.63) is 58.4 Å². The van der Waals surface area contributed by atoms with Crippen molar-refractivity contribution in [2.24, 2.45) is 0 Å². The molecule has 2 aromatic heterocycles. The van der Waals surface area contributed by atoms with E-state index in [0.717, 1.165) is 42.0 Å². The van der Waals surface area contributed by atoms with Crippen LogP contribution in [0.25, 0.3) is 6.08 Å². The molecule has 0 amide bonds. The molecule has 0 saturated carbocycles. The van der Waals surface area contributed by atoms with Gasteiger partial charge in [-0.15, -0.1) is 0 Å². The Morgan fingerprint density at radius 2 is 1.84 bits per heavy atom. The first-order valence-electron chi connectivity index (χ1n) is 10.9. The molecule has 6 nitrogen and oxygen atoms in total. The van der Waals surface area contributed by atoms with Crippen LogP contribution in [0.5, 0.6) is 0 Å². The van der Waals surface area contributed by atoms with E-state index in [4.69, 9.17) is 4.98 Å². The first-order valence-corrected chi connectivity index (χ1v) is 10.9. The van der Waals surface area contributed by atoms with Crippen LogP contribution in [0.3, 0.4) is 0 Å². The van der Waals surface area contributed by atoms with Gasteiger partial charge in [-0.2, -0.15) is 4.39 Å². The Bertz CT molecular complexity index is 1040. The SMILES string of the molecule is CCC(=O)c1ccc(N2CCN(Cc3ccc4c(n3)CC(=O)C(CC)=C4)CC2)c(F)n1. The maximum Gasteiger partial charge on any atom is 0.237 e. The Hall–Kier alpha value is -2.93. The number of hydrogen-bond acceptors (Lipinski definition) is 6. The molecular formula is C24H27FN4O2. The fourth-order valence-corrected chi connectivity index (χ4v) is 4.13. The van der Waals surface area contributed by atoms with E-state index in [9.17, 15) is 14.0 Å². The number of hydrogen-bond donors (Lipinski definition) is 0. The van der Waals surface area contributed by atoms with Crippen LogP contribution in [0.1, 0.15) is 54.1 Å². The number of nitrogens with zero attached hydrogens (tertiary/aromatic N) is 4. The first kappa shape index (κ1) is 21.3. The standard InChI is InChI=1S/C24H27FN4O2/c1-3-16-13-17-5-6-18(26-20(17)14-23(16)31)15-28-9-11-29(12-10-28)21-8-7-19(22(30)4-2)27-24(21)25/h5-8,13H,3-4,9-12,14-15H2,1-2H3. The molecule has 3 heterocycles. The average Bonchev–Trinajstić information content (AvgIpc) is 2.78. The van der Waals surface area contributed by atoms with Crippen molar-refractivity contribution < 1.29 is 14.0 Å². The van der Waals surface area contributed by atoms with E-state index in [-0.39, 0.29) is 17.3 Å². The minimum Gasteiger partial charge on any atom is -0.365 e. The zero-order chi connectivity index (χ0) is 22.0. The fourth-order valence-electron chi connectivity index (χ4n) is 4.13. The second kappa shape index (κ2) is 9.06. The van der Waals surface area contributed by atoms with Gasteiger partial charge in [0.2, 0.25) is 5.95 Å². The van der Waals surface area contributed by atoms with E-state index in [1.807, 2.05) is 24.0 Å². The van der Waals surface area contributed by atoms with E-state index in [2.05, 4.69) is 16.0 Å². The molecule has 1 saturated heterocycles. The summed E-state index contributed by atoms with van der Waals surface area (Å²) in [6, 6.07) is 7.34. The second-order valence-electron chi connectivity index (χ2n) is 8.01. The number of fused-ring (bicyclic) bond motifs is 1. The van der Waals surface area contributed by atoms with Crippen molar-refractivity contribution in [2.75, 3.05) is 31.1 Å². The van der Waals surface area contributed by atoms with Crippen LogP contribution in [0.15, 0.2) is 29.8 Å². The highest BCUT2D eigenvalue weighted by atomic mass is 19.1. The van der Waals surface area contributed by atoms with Crippen molar-refractivity contribution >= 4 is 23.3 Å². The molecule has 0 aromatic carbocycles. The molecule has 7 heteroatoms. The van der Waals surface area contributed by atoms with Crippen LogP contribution in [0.4, 0.5) is 10.1 Å². The number of rotatable bonds is 6. The molecule has 1 fully saturated rings.